The van der Waals surface area contributed by atoms with Crippen LogP contribution in [-0.2, 0) is 14.3 Å². The molecule has 7 heteroatoms. The average Bonchev–Trinajstić information content (AvgIpc) is 3.39. The molecule has 2 amide bonds. The lowest BCUT2D eigenvalue weighted by molar-refractivity contribution is -0.137. The molecule has 2 aromatic carbocycles. The first-order valence-electron chi connectivity index (χ1n) is 11.6. The van der Waals surface area contributed by atoms with Crippen molar-refractivity contribution in [3.63, 3.8) is 0 Å². The van der Waals surface area contributed by atoms with E-state index in [1.165, 1.54) is 11.1 Å². The molecule has 3 atom stereocenters. The van der Waals surface area contributed by atoms with Crippen molar-refractivity contribution in [3.8, 4) is 11.1 Å². The largest absolute Gasteiger partial charge is 0.481 e. The molecule has 7 nitrogen and oxygen atoms in total. The van der Waals surface area contributed by atoms with Crippen LogP contribution in [-0.4, -0.2) is 41.8 Å². The van der Waals surface area contributed by atoms with Crippen molar-refractivity contribution >= 4 is 18.0 Å². The summed E-state index contributed by atoms with van der Waals surface area (Å²) in [6.07, 6.45) is 1.88. The van der Waals surface area contributed by atoms with E-state index in [1.54, 1.807) is 0 Å². The van der Waals surface area contributed by atoms with E-state index in [2.05, 4.69) is 34.9 Å². The van der Waals surface area contributed by atoms with Crippen LogP contribution >= 0.6 is 0 Å². The second-order valence-corrected chi connectivity index (χ2v) is 8.89. The second-order valence-electron chi connectivity index (χ2n) is 8.89. The molecular weight excluding hydrogens is 420 g/mol. The lowest BCUT2D eigenvalue weighted by atomic mass is 9.98. The predicted molar refractivity (Wildman–Crippen MR) is 124 cm³/mol. The number of benzene rings is 2. The van der Waals surface area contributed by atoms with Gasteiger partial charge in [-0.25, -0.2) is 4.79 Å². The molecule has 0 aliphatic heterocycles. The lowest BCUT2D eigenvalue weighted by Crippen LogP contribution is -2.40. The number of rotatable bonds is 8. The van der Waals surface area contributed by atoms with E-state index in [9.17, 15) is 14.4 Å². The molecule has 3 N–H and O–H groups in total. The molecule has 2 aliphatic carbocycles. The summed E-state index contributed by atoms with van der Waals surface area (Å²) in [4.78, 5) is 35.9. The maximum absolute atomic E-state index is 12.5. The quantitative estimate of drug-likeness (QED) is 0.563. The van der Waals surface area contributed by atoms with E-state index in [1.807, 2.05) is 31.2 Å². The van der Waals surface area contributed by atoms with Crippen LogP contribution in [0, 0.1) is 5.92 Å². The van der Waals surface area contributed by atoms with Crippen molar-refractivity contribution in [2.75, 3.05) is 6.61 Å². The molecule has 174 valence electrons. The van der Waals surface area contributed by atoms with Crippen LogP contribution in [0.1, 0.15) is 56.1 Å². The first-order valence-corrected chi connectivity index (χ1v) is 11.6. The number of nitrogens with one attached hydrogen (secondary N) is 2. The highest BCUT2D eigenvalue weighted by Crippen LogP contribution is 2.44. The Morgan fingerprint density at radius 1 is 1.03 bits per heavy atom. The van der Waals surface area contributed by atoms with Gasteiger partial charge in [0.25, 0.3) is 0 Å². The number of carbonyl (C=O) groups excluding carboxylic acids is 2. The maximum atomic E-state index is 12.5. The normalized spacial score (nSPS) is 19.9. The van der Waals surface area contributed by atoms with Gasteiger partial charge in [-0.1, -0.05) is 55.5 Å². The first kappa shape index (κ1) is 22.8. The van der Waals surface area contributed by atoms with Crippen molar-refractivity contribution in [2.24, 2.45) is 5.92 Å². The van der Waals surface area contributed by atoms with Gasteiger partial charge in [0.2, 0.25) is 5.91 Å². The number of hydrogen-bond acceptors (Lipinski definition) is 4. The van der Waals surface area contributed by atoms with Crippen molar-refractivity contribution in [2.45, 2.75) is 57.0 Å². The molecular formula is C26H30N2O5. The summed E-state index contributed by atoms with van der Waals surface area (Å²) in [5.41, 5.74) is 4.69. The number of amides is 2. The Kier molecular flexibility index (Phi) is 6.96. The third-order valence-electron chi connectivity index (χ3n) is 6.73. The Morgan fingerprint density at radius 3 is 2.27 bits per heavy atom. The minimum absolute atomic E-state index is 0.00506. The Hall–Kier alpha value is -3.35. The fourth-order valence-corrected chi connectivity index (χ4v) is 4.98. The number of carbonyl (C=O) groups is 3. The Balaban J connectivity index is 1.28. The molecule has 1 fully saturated rings. The van der Waals surface area contributed by atoms with Gasteiger partial charge >= 0.3 is 12.1 Å². The van der Waals surface area contributed by atoms with Gasteiger partial charge in [0, 0.05) is 23.9 Å². The lowest BCUT2D eigenvalue weighted by Gasteiger charge is -2.19. The number of carboxylic acids is 1. The summed E-state index contributed by atoms with van der Waals surface area (Å²) in [6, 6.07) is 15.9. The SMILES string of the molecule is CCC(CC(=O)O)NC(=O)[C@@H]1CC[C@H](NC(=O)OCC2c3ccccc3-c3ccccc32)C1. The molecule has 0 spiro atoms. The number of alkyl carbamates (subject to hydrolysis) is 1. The first-order chi connectivity index (χ1) is 16.0. The third-order valence-corrected chi connectivity index (χ3v) is 6.73. The van der Waals surface area contributed by atoms with Gasteiger partial charge in [0.1, 0.15) is 6.61 Å². The van der Waals surface area contributed by atoms with Gasteiger partial charge in [-0.15, -0.1) is 0 Å². The molecule has 2 aliphatic rings. The van der Waals surface area contributed by atoms with Crippen LogP contribution in [0.4, 0.5) is 4.79 Å². The molecule has 0 aromatic heterocycles. The molecule has 0 radical (unpaired) electrons. The van der Waals surface area contributed by atoms with Crippen LogP contribution in [0.15, 0.2) is 48.5 Å². The van der Waals surface area contributed by atoms with Crippen molar-refractivity contribution < 1.29 is 24.2 Å². The van der Waals surface area contributed by atoms with Gasteiger partial charge < -0.3 is 20.5 Å². The van der Waals surface area contributed by atoms with Gasteiger partial charge in [-0.3, -0.25) is 9.59 Å². The third kappa shape index (κ3) is 5.18. The predicted octanol–water partition coefficient (Wildman–Crippen LogP) is 4.06. The Morgan fingerprint density at radius 2 is 1.67 bits per heavy atom. The highest BCUT2D eigenvalue weighted by Gasteiger charge is 2.33. The molecule has 2 aromatic rings. The van der Waals surface area contributed by atoms with Gasteiger partial charge in [0.05, 0.1) is 6.42 Å². The minimum atomic E-state index is -0.927. The topological polar surface area (TPSA) is 105 Å². The van der Waals surface area contributed by atoms with Crippen LogP contribution < -0.4 is 10.6 Å². The average molecular weight is 451 g/mol. The van der Waals surface area contributed by atoms with E-state index in [0.29, 0.717) is 25.7 Å². The minimum Gasteiger partial charge on any atom is -0.481 e. The summed E-state index contributed by atoms with van der Waals surface area (Å²) >= 11 is 0. The number of carboxylic acid groups (broad SMARTS) is 1. The number of hydrogen-bond donors (Lipinski definition) is 3. The van der Waals surface area contributed by atoms with Crippen LogP contribution in [0.2, 0.25) is 0 Å². The summed E-state index contributed by atoms with van der Waals surface area (Å²) in [5.74, 6) is -1.29. The van der Waals surface area contributed by atoms with E-state index in [-0.39, 0.29) is 42.9 Å². The molecule has 1 unspecified atom stereocenters. The van der Waals surface area contributed by atoms with Crippen molar-refractivity contribution in [1.82, 2.24) is 10.6 Å². The molecule has 0 saturated heterocycles. The van der Waals surface area contributed by atoms with Crippen LogP contribution in [0.5, 0.6) is 0 Å². The monoisotopic (exact) mass is 450 g/mol. The molecule has 0 bridgehead atoms. The summed E-state index contributed by atoms with van der Waals surface area (Å²) in [5, 5.41) is 14.7. The smallest absolute Gasteiger partial charge is 0.407 e. The zero-order chi connectivity index (χ0) is 23.4. The van der Waals surface area contributed by atoms with E-state index in [4.69, 9.17) is 9.84 Å². The van der Waals surface area contributed by atoms with Gasteiger partial charge in [-0.2, -0.15) is 0 Å². The van der Waals surface area contributed by atoms with E-state index >= 15 is 0 Å². The number of aliphatic carboxylic acids is 1. The maximum Gasteiger partial charge on any atom is 0.407 e. The van der Waals surface area contributed by atoms with Crippen molar-refractivity contribution in [3.05, 3.63) is 59.7 Å². The molecule has 4 rings (SSSR count). The summed E-state index contributed by atoms with van der Waals surface area (Å²) < 4.78 is 5.61. The van der Waals surface area contributed by atoms with E-state index < -0.39 is 12.1 Å². The Labute approximate surface area is 193 Å². The molecule has 33 heavy (non-hydrogen) atoms. The highest BCUT2D eigenvalue weighted by atomic mass is 16.5. The fourth-order valence-electron chi connectivity index (χ4n) is 4.98. The van der Waals surface area contributed by atoms with Crippen LogP contribution in [0.3, 0.4) is 0 Å². The number of ether oxygens (including phenoxy) is 1. The van der Waals surface area contributed by atoms with Gasteiger partial charge in [0.15, 0.2) is 0 Å². The summed E-state index contributed by atoms with van der Waals surface area (Å²) in [7, 11) is 0. The summed E-state index contributed by atoms with van der Waals surface area (Å²) in [6.45, 7) is 2.11. The highest BCUT2D eigenvalue weighted by molar-refractivity contribution is 5.81. The molecule has 1 saturated carbocycles. The number of fused-ring (bicyclic) bond motifs is 3. The zero-order valence-corrected chi connectivity index (χ0v) is 18.8. The zero-order valence-electron chi connectivity index (χ0n) is 18.8. The standard InChI is InChI=1S/C26H30N2O5/c1-2-17(14-24(29)30)27-25(31)16-11-12-18(13-16)28-26(32)33-15-23-21-9-5-3-7-19(21)20-8-4-6-10-22(20)23/h3-10,16-18,23H,2,11-15H2,1H3,(H,27,31)(H,28,32)(H,29,30)/t16-,17?,18+/m1/s1. The van der Waals surface area contributed by atoms with Gasteiger partial charge in [-0.05, 0) is 47.9 Å². The Bertz CT molecular complexity index is 991. The fraction of sp³-hybridized carbons (Fsp3) is 0.423. The second kappa shape index (κ2) is 10.1. The molecule has 0 heterocycles. The van der Waals surface area contributed by atoms with E-state index in [0.717, 1.165) is 11.1 Å². The van der Waals surface area contributed by atoms with Crippen LogP contribution in [0.25, 0.3) is 11.1 Å². The van der Waals surface area contributed by atoms with Crippen molar-refractivity contribution in [1.29, 1.82) is 0 Å².